The number of hydrogen-bond acceptors (Lipinski definition) is 3. The highest BCUT2D eigenvalue weighted by atomic mass is 19.1. The third-order valence-electron chi connectivity index (χ3n) is 1.42. The molecule has 1 aromatic carbocycles. The predicted octanol–water partition coefficient (Wildman–Crippen LogP) is 1.42. The second-order valence-electron chi connectivity index (χ2n) is 2.21. The normalized spacial score (nSPS) is 8.92. The SMILES string of the molecule is N#CNc1cccc(C(=O)O)c1F. The largest absolute Gasteiger partial charge is 0.478 e. The lowest BCUT2D eigenvalue weighted by atomic mass is 10.2. The molecule has 0 spiro atoms. The Morgan fingerprint density at radius 3 is 2.85 bits per heavy atom. The van der Waals surface area contributed by atoms with Crippen LogP contribution in [0.5, 0.6) is 0 Å². The molecule has 0 aliphatic carbocycles. The number of halogens is 1. The third-order valence-corrected chi connectivity index (χ3v) is 1.42. The van der Waals surface area contributed by atoms with Gasteiger partial charge in [-0.2, -0.15) is 5.26 Å². The Morgan fingerprint density at radius 1 is 1.62 bits per heavy atom. The zero-order valence-electron chi connectivity index (χ0n) is 6.41. The van der Waals surface area contributed by atoms with E-state index in [4.69, 9.17) is 10.4 Å². The van der Waals surface area contributed by atoms with E-state index in [0.717, 1.165) is 6.07 Å². The van der Waals surface area contributed by atoms with Crippen LogP contribution in [0.4, 0.5) is 10.1 Å². The molecule has 66 valence electrons. The Labute approximate surface area is 73.2 Å². The van der Waals surface area contributed by atoms with E-state index in [1.54, 1.807) is 0 Å². The monoisotopic (exact) mass is 180 g/mol. The fraction of sp³-hybridized carbons (Fsp3) is 0. The predicted molar refractivity (Wildman–Crippen MR) is 42.6 cm³/mol. The van der Waals surface area contributed by atoms with Gasteiger partial charge in [0.05, 0.1) is 11.3 Å². The van der Waals surface area contributed by atoms with E-state index >= 15 is 0 Å². The number of nitriles is 1. The van der Waals surface area contributed by atoms with Crippen LogP contribution in [0.25, 0.3) is 0 Å². The van der Waals surface area contributed by atoms with Crippen molar-refractivity contribution in [1.82, 2.24) is 0 Å². The highest BCUT2D eigenvalue weighted by molar-refractivity contribution is 5.89. The number of carboxylic acid groups (broad SMARTS) is 1. The van der Waals surface area contributed by atoms with E-state index in [9.17, 15) is 9.18 Å². The second-order valence-corrected chi connectivity index (χ2v) is 2.21. The third kappa shape index (κ3) is 1.73. The van der Waals surface area contributed by atoms with Crippen LogP contribution in [-0.4, -0.2) is 11.1 Å². The molecular weight excluding hydrogens is 175 g/mol. The van der Waals surface area contributed by atoms with Crippen molar-refractivity contribution in [3.63, 3.8) is 0 Å². The first-order valence-corrected chi connectivity index (χ1v) is 3.33. The second kappa shape index (κ2) is 3.54. The molecule has 0 heterocycles. The first-order valence-electron chi connectivity index (χ1n) is 3.33. The molecule has 0 unspecified atom stereocenters. The molecule has 1 aromatic rings. The lowest BCUT2D eigenvalue weighted by molar-refractivity contribution is 0.0692. The molecule has 0 fully saturated rings. The van der Waals surface area contributed by atoms with Gasteiger partial charge in [-0.25, -0.2) is 9.18 Å². The van der Waals surface area contributed by atoms with Crippen LogP contribution in [0.2, 0.25) is 0 Å². The van der Waals surface area contributed by atoms with Crippen LogP contribution < -0.4 is 5.32 Å². The van der Waals surface area contributed by atoms with Gasteiger partial charge in [0.2, 0.25) is 0 Å². The lowest BCUT2D eigenvalue weighted by Gasteiger charge is -2.01. The lowest BCUT2D eigenvalue weighted by Crippen LogP contribution is -2.03. The van der Waals surface area contributed by atoms with E-state index in [0.29, 0.717) is 0 Å². The van der Waals surface area contributed by atoms with E-state index in [-0.39, 0.29) is 5.69 Å². The van der Waals surface area contributed by atoms with Crippen molar-refractivity contribution in [2.75, 3.05) is 5.32 Å². The van der Waals surface area contributed by atoms with Gasteiger partial charge in [-0.3, -0.25) is 5.32 Å². The standard InChI is InChI=1S/C8H5FN2O2/c9-7-5(8(12)13)2-1-3-6(7)11-4-10/h1-3,11H,(H,12,13). The Balaban J connectivity index is 3.20. The van der Waals surface area contributed by atoms with Crippen molar-refractivity contribution in [1.29, 1.82) is 5.26 Å². The highest BCUT2D eigenvalue weighted by Gasteiger charge is 2.12. The smallest absolute Gasteiger partial charge is 0.338 e. The molecule has 0 aliphatic rings. The van der Waals surface area contributed by atoms with Gasteiger partial charge in [-0.15, -0.1) is 0 Å². The molecule has 13 heavy (non-hydrogen) atoms. The number of aromatic carboxylic acids is 1. The number of benzene rings is 1. The molecule has 0 saturated carbocycles. The molecule has 2 N–H and O–H groups in total. The van der Waals surface area contributed by atoms with Crippen LogP contribution in [0, 0.1) is 17.3 Å². The first-order chi connectivity index (χ1) is 6.16. The molecule has 0 atom stereocenters. The minimum atomic E-state index is -1.36. The van der Waals surface area contributed by atoms with Gasteiger partial charge in [0, 0.05) is 0 Å². The Morgan fingerprint density at radius 2 is 2.31 bits per heavy atom. The van der Waals surface area contributed by atoms with Gasteiger partial charge < -0.3 is 5.11 Å². The molecule has 0 bridgehead atoms. The summed E-state index contributed by atoms with van der Waals surface area (Å²) in [6.07, 6.45) is 1.51. The maximum atomic E-state index is 13.1. The molecule has 0 radical (unpaired) electrons. The zero-order valence-corrected chi connectivity index (χ0v) is 6.41. The Kier molecular flexibility index (Phi) is 2.45. The molecule has 0 aliphatic heterocycles. The summed E-state index contributed by atoms with van der Waals surface area (Å²) in [4.78, 5) is 10.4. The van der Waals surface area contributed by atoms with Crippen molar-refractivity contribution in [2.24, 2.45) is 0 Å². The van der Waals surface area contributed by atoms with E-state index in [2.05, 4.69) is 0 Å². The quantitative estimate of drug-likeness (QED) is 0.533. The number of nitrogens with zero attached hydrogens (tertiary/aromatic N) is 1. The number of nitrogens with one attached hydrogen (secondary N) is 1. The van der Waals surface area contributed by atoms with Crippen molar-refractivity contribution in [3.8, 4) is 6.19 Å². The van der Waals surface area contributed by atoms with Gasteiger partial charge >= 0.3 is 5.97 Å². The Bertz CT molecular complexity index is 384. The summed E-state index contributed by atoms with van der Waals surface area (Å²) in [5.74, 6) is -2.30. The van der Waals surface area contributed by atoms with Gasteiger partial charge in [0.1, 0.15) is 0 Å². The molecule has 5 heteroatoms. The van der Waals surface area contributed by atoms with Gasteiger partial charge in [-0.05, 0) is 12.1 Å². The van der Waals surface area contributed by atoms with Crippen molar-refractivity contribution >= 4 is 11.7 Å². The minimum absolute atomic E-state index is 0.137. The summed E-state index contributed by atoms with van der Waals surface area (Å²) in [5.41, 5.74) is -0.595. The van der Waals surface area contributed by atoms with Crippen LogP contribution in [0.3, 0.4) is 0 Å². The summed E-state index contributed by atoms with van der Waals surface area (Å²) in [6, 6.07) is 3.76. The molecule has 1 rings (SSSR count). The fourth-order valence-corrected chi connectivity index (χ4v) is 0.854. The number of anilines is 1. The fourth-order valence-electron chi connectivity index (χ4n) is 0.854. The molecular formula is C8H5FN2O2. The summed E-state index contributed by atoms with van der Waals surface area (Å²) >= 11 is 0. The van der Waals surface area contributed by atoms with Crippen LogP contribution in [-0.2, 0) is 0 Å². The van der Waals surface area contributed by atoms with Crippen LogP contribution >= 0.6 is 0 Å². The summed E-state index contributed by atoms with van der Waals surface area (Å²) < 4.78 is 13.1. The van der Waals surface area contributed by atoms with Crippen molar-refractivity contribution < 1.29 is 14.3 Å². The number of carboxylic acids is 1. The average Bonchev–Trinajstić information content (AvgIpc) is 2.08. The maximum Gasteiger partial charge on any atom is 0.338 e. The van der Waals surface area contributed by atoms with E-state index in [1.165, 1.54) is 18.3 Å². The van der Waals surface area contributed by atoms with Gasteiger partial charge in [0.25, 0.3) is 0 Å². The molecule has 0 amide bonds. The van der Waals surface area contributed by atoms with E-state index < -0.39 is 17.3 Å². The summed E-state index contributed by atoms with van der Waals surface area (Å²) in [5, 5.41) is 18.7. The molecule has 4 nitrogen and oxygen atoms in total. The first kappa shape index (κ1) is 9.00. The topological polar surface area (TPSA) is 73.1 Å². The number of rotatable bonds is 2. The number of hydrogen-bond donors (Lipinski definition) is 2. The van der Waals surface area contributed by atoms with Crippen LogP contribution in [0.1, 0.15) is 10.4 Å². The van der Waals surface area contributed by atoms with Gasteiger partial charge in [-0.1, -0.05) is 6.07 Å². The maximum absolute atomic E-state index is 13.1. The summed E-state index contributed by atoms with van der Waals surface area (Å²) in [6.45, 7) is 0. The van der Waals surface area contributed by atoms with Crippen LogP contribution in [0.15, 0.2) is 18.2 Å². The Hall–Kier alpha value is -2.09. The van der Waals surface area contributed by atoms with Gasteiger partial charge in [0.15, 0.2) is 12.0 Å². The molecule has 0 aromatic heterocycles. The zero-order chi connectivity index (χ0) is 9.84. The van der Waals surface area contributed by atoms with Crippen molar-refractivity contribution in [3.05, 3.63) is 29.6 Å². The van der Waals surface area contributed by atoms with E-state index in [1.807, 2.05) is 5.32 Å². The highest BCUT2D eigenvalue weighted by Crippen LogP contribution is 2.17. The summed E-state index contributed by atoms with van der Waals surface area (Å²) in [7, 11) is 0. The number of carbonyl (C=O) groups is 1. The minimum Gasteiger partial charge on any atom is -0.478 e. The molecule has 0 saturated heterocycles. The average molecular weight is 180 g/mol. The van der Waals surface area contributed by atoms with Crippen molar-refractivity contribution in [2.45, 2.75) is 0 Å².